The summed E-state index contributed by atoms with van der Waals surface area (Å²) in [5.41, 5.74) is 12.6. The number of rotatable bonds is 4. The molecular formula is C14H19N3OS2. The first-order chi connectivity index (χ1) is 9.31. The minimum Gasteiger partial charge on any atom is -0.375 e. The maximum atomic E-state index is 12.3. The summed E-state index contributed by atoms with van der Waals surface area (Å²) in [5.74, 6) is -0.150. The van der Waals surface area contributed by atoms with Crippen LogP contribution in [0.5, 0.6) is 0 Å². The third-order valence-corrected chi connectivity index (χ3v) is 4.48. The van der Waals surface area contributed by atoms with Gasteiger partial charge in [-0.15, -0.1) is 11.8 Å². The summed E-state index contributed by atoms with van der Waals surface area (Å²) >= 11 is 6.33. The van der Waals surface area contributed by atoms with E-state index >= 15 is 0 Å². The molecule has 0 atom stereocenters. The van der Waals surface area contributed by atoms with Crippen LogP contribution in [0.25, 0.3) is 0 Å². The highest BCUT2D eigenvalue weighted by atomic mass is 32.2. The van der Waals surface area contributed by atoms with Crippen molar-refractivity contribution in [1.29, 1.82) is 0 Å². The summed E-state index contributed by atoms with van der Waals surface area (Å²) in [5, 5.41) is 3.77. The summed E-state index contributed by atoms with van der Waals surface area (Å²) < 4.78 is 0. The molecule has 3 N–H and O–H groups in total. The van der Waals surface area contributed by atoms with Gasteiger partial charge >= 0.3 is 0 Å². The molecule has 0 heterocycles. The van der Waals surface area contributed by atoms with E-state index in [0.717, 1.165) is 22.3 Å². The second kappa shape index (κ2) is 6.85. The van der Waals surface area contributed by atoms with Gasteiger partial charge in [0.1, 0.15) is 0 Å². The fraction of sp³-hybridized carbons (Fsp3) is 0.357. The van der Waals surface area contributed by atoms with E-state index in [1.54, 1.807) is 11.8 Å². The van der Waals surface area contributed by atoms with Gasteiger partial charge in [0.25, 0.3) is 0 Å². The first kappa shape index (κ1) is 16.7. The highest BCUT2D eigenvalue weighted by molar-refractivity contribution is 7.98. The minimum absolute atomic E-state index is 0.0348. The number of thiocarbonyl (C=S) groups is 1. The van der Waals surface area contributed by atoms with Crippen LogP contribution in [0, 0.1) is 27.7 Å². The number of nitrogens with zero attached hydrogens (tertiary/aromatic N) is 1. The van der Waals surface area contributed by atoms with Crippen LogP contribution in [0.1, 0.15) is 32.6 Å². The van der Waals surface area contributed by atoms with Crippen LogP contribution >= 0.6 is 24.0 Å². The summed E-state index contributed by atoms with van der Waals surface area (Å²) in [6.07, 6.45) is 3.26. The third kappa shape index (κ3) is 3.37. The van der Waals surface area contributed by atoms with Gasteiger partial charge in [0.05, 0.1) is 6.21 Å². The summed E-state index contributed by atoms with van der Waals surface area (Å²) in [6.45, 7) is 8.00. The Morgan fingerprint density at radius 1 is 1.20 bits per heavy atom. The number of hydrazone groups is 1. The lowest BCUT2D eigenvalue weighted by Gasteiger charge is -2.17. The SMILES string of the molecule is CSc1c(C)c(C)c(C(=O)/C=N/NC(N)=S)c(C)c1C. The molecule has 0 aromatic heterocycles. The normalized spacial score (nSPS) is 10.8. The smallest absolute Gasteiger partial charge is 0.206 e. The van der Waals surface area contributed by atoms with Gasteiger partial charge in [-0.3, -0.25) is 10.2 Å². The van der Waals surface area contributed by atoms with Crippen molar-refractivity contribution in [1.82, 2.24) is 5.43 Å². The van der Waals surface area contributed by atoms with Crippen LogP contribution in [0.15, 0.2) is 10.00 Å². The number of ketones is 1. The number of nitrogens with two attached hydrogens (primary N) is 1. The van der Waals surface area contributed by atoms with Crippen molar-refractivity contribution in [2.24, 2.45) is 10.8 Å². The number of Topliss-reactive ketones (excluding diaryl/α,β-unsaturated/α-hetero) is 1. The molecule has 1 aromatic rings. The lowest BCUT2D eigenvalue weighted by Crippen LogP contribution is -2.24. The molecule has 0 spiro atoms. The molecule has 0 aliphatic rings. The fourth-order valence-corrected chi connectivity index (χ4v) is 3.14. The van der Waals surface area contributed by atoms with Crippen molar-refractivity contribution >= 4 is 41.1 Å². The Bertz CT molecular complexity index is 566. The molecule has 0 unspecified atom stereocenters. The maximum Gasteiger partial charge on any atom is 0.206 e. The molecule has 0 aliphatic carbocycles. The fourth-order valence-electron chi connectivity index (χ4n) is 2.17. The van der Waals surface area contributed by atoms with E-state index in [1.807, 2.05) is 34.0 Å². The Labute approximate surface area is 129 Å². The quantitative estimate of drug-likeness (QED) is 0.294. The average molecular weight is 309 g/mol. The average Bonchev–Trinajstić information content (AvgIpc) is 2.37. The van der Waals surface area contributed by atoms with Gasteiger partial charge in [0.15, 0.2) is 5.11 Å². The molecule has 4 nitrogen and oxygen atoms in total. The van der Waals surface area contributed by atoms with E-state index in [0.29, 0.717) is 5.56 Å². The molecule has 1 aromatic carbocycles. The standard InChI is InChI=1S/C14H19N3OS2/c1-7-9(3)13(20-5)10(4)8(2)12(7)11(18)6-16-17-14(15)19/h6H,1-5H3,(H3,15,17,19)/b16-6+. The van der Waals surface area contributed by atoms with Gasteiger partial charge in [-0.25, -0.2) is 0 Å². The first-order valence-electron chi connectivity index (χ1n) is 6.08. The van der Waals surface area contributed by atoms with Crippen molar-refractivity contribution in [3.8, 4) is 0 Å². The molecule has 1 rings (SSSR count). The van der Waals surface area contributed by atoms with Gasteiger partial charge < -0.3 is 5.73 Å². The predicted octanol–water partition coefficient (Wildman–Crippen LogP) is 2.64. The molecule has 0 saturated carbocycles. The van der Waals surface area contributed by atoms with Crippen molar-refractivity contribution in [3.05, 3.63) is 27.8 Å². The van der Waals surface area contributed by atoms with Crippen LogP contribution in [0.2, 0.25) is 0 Å². The molecule has 0 bridgehead atoms. The number of nitrogens with one attached hydrogen (secondary N) is 1. The third-order valence-electron chi connectivity index (χ3n) is 3.36. The summed E-state index contributed by atoms with van der Waals surface area (Å²) in [7, 11) is 0. The van der Waals surface area contributed by atoms with E-state index in [9.17, 15) is 4.79 Å². The Hall–Kier alpha value is -1.40. The first-order valence-corrected chi connectivity index (χ1v) is 7.71. The highest BCUT2D eigenvalue weighted by Crippen LogP contribution is 2.32. The predicted molar refractivity (Wildman–Crippen MR) is 89.9 cm³/mol. The zero-order valence-corrected chi connectivity index (χ0v) is 14.0. The largest absolute Gasteiger partial charge is 0.375 e. The van der Waals surface area contributed by atoms with E-state index in [-0.39, 0.29) is 10.9 Å². The van der Waals surface area contributed by atoms with E-state index < -0.39 is 0 Å². The van der Waals surface area contributed by atoms with Crippen LogP contribution in [0.3, 0.4) is 0 Å². The zero-order valence-electron chi connectivity index (χ0n) is 12.3. The number of thioether (sulfide) groups is 1. The molecule has 20 heavy (non-hydrogen) atoms. The number of hydrogen-bond acceptors (Lipinski definition) is 4. The van der Waals surface area contributed by atoms with Gasteiger partial charge in [0.2, 0.25) is 5.78 Å². The maximum absolute atomic E-state index is 12.3. The Kier molecular flexibility index (Phi) is 5.71. The number of hydrogen-bond donors (Lipinski definition) is 2. The van der Waals surface area contributed by atoms with E-state index in [1.165, 1.54) is 11.1 Å². The van der Waals surface area contributed by atoms with Crippen molar-refractivity contribution in [3.63, 3.8) is 0 Å². The Morgan fingerprint density at radius 2 is 1.70 bits per heavy atom. The number of carbonyl (C=O) groups excluding carboxylic acids is 1. The Morgan fingerprint density at radius 3 is 2.10 bits per heavy atom. The lowest BCUT2D eigenvalue weighted by atomic mass is 9.92. The van der Waals surface area contributed by atoms with Crippen molar-refractivity contribution < 1.29 is 4.79 Å². The minimum atomic E-state index is -0.150. The number of benzene rings is 1. The van der Waals surface area contributed by atoms with E-state index in [2.05, 4.69) is 22.7 Å². The van der Waals surface area contributed by atoms with Crippen molar-refractivity contribution in [2.75, 3.05) is 6.26 Å². The summed E-state index contributed by atoms with van der Waals surface area (Å²) in [6, 6.07) is 0. The van der Waals surface area contributed by atoms with Crippen LogP contribution in [-0.2, 0) is 0 Å². The molecular weight excluding hydrogens is 290 g/mol. The van der Waals surface area contributed by atoms with Crippen LogP contribution in [-0.4, -0.2) is 23.4 Å². The molecule has 0 radical (unpaired) electrons. The van der Waals surface area contributed by atoms with Crippen molar-refractivity contribution in [2.45, 2.75) is 32.6 Å². The molecule has 0 aliphatic heterocycles. The number of carbonyl (C=O) groups is 1. The van der Waals surface area contributed by atoms with Gasteiger partial charge in [0, 0.05) is 10.5 Å². The molecule has 0 fully saturated rings. The Balaban J connectivity index is 3.29. The highest BCUT2D eigenvalue weighted by Gasteiger charge is 2.18. The summed E-state index contributed by atoms with van der Waals surface area (Å²) in [4.78, 5) is 13.5. The second-order valence-electron chi connectivity index (χ2n) is 4.51. The lowest BCUT2D eigenvalue weighted by molar-refractivity contribution is 0.106. The zero-order chi connectivity index (χ0) is 15.4. The molecule has 0 amide bonds. The molecule has 0 saturated heterocycles. The van der Waals surface area contributed by atoms with Gasteiger partial charge in [-0.05, 0) is 68.4 Å². The topological polar surface area (TPSA) is 67.5 Å². The van der Waals surface area contributed by atoms with Gasteiger partial charge in [-0.1, -0.05) is 0 Å². The van der Waals surface area contributed by atoms with Crippen LogP contribution in [0.4, 0.5) is 0 Å². The monoisotopic (exact) mass is 309 g/mol. The van der Waals surface area contributed by atoms with E-state index in [4.69, 9.17) is 5.73 Å². The molecule has 108 valence electrons. The molecule has 6 heteroatoms. The van der Waals surface area contributed by atoms with Gasteiger partial charge in [-0.2, -0.15) is 5.10 Å². The second-order valence-corrected chi connectivity index (χ2v) is 5.76. The van der Waals surface area contributed by atoms with Crippen LogP contribution < -0.4 is 11.2 Å².